The third kappa shape index (κ3) is 3.43. The van der Waals surface area contributed by atoms with Gasteiger partial charge >= 0.3 is 0 Å². The van der Waals surface area contributed by atoms with E-state index in [-0.39, 0.29) is 30.7 Å². The highest BCUT2D eigenvalue weighted by Gasteiger charge is 2.39. The molecule has 0 aliphatic carbocycles. The van der Waals surface area contributed by atoms with E-state index in [0.717, 1.165) is 43.6 Å². The Hall–Kier alpha value is -2.41. The van der Waals surface area contributed by atoms with Crippen LogP contribution in [0.25, 0.3) is 0 Å². The van der Waals surface area contributed by atoms with Crippen molar-refractivity contribution in [3.63, 3.8) is 0 Å². The minimum absolute atomic E-state index is 0.132. The molecule has 4 rings (SSSR count). The van der Waals surface area contributed by atoms with Crippen molar-refractivity contribution in [2.45, 2.75) is 44.7 Å². The van der Waals surface area contributed by atoms with Crippen molar-refractivity contribution in [2.24, 2.45) is 5.92 Å². The highest BCUT2D eigenvalue weighted by molar-refractivity contribution is 6.05. The Morgan fingerprint density at radius 2 is 1.89 bits per heavy atom. The Morgan fingerprint density at radius 1 is 1.11 bits per heavy atom. The number of hydrogen-bond donors (Lipinski definition) is 2. The second-order valence-electron chi connectivity index (χ2n) is 7.68. The summed E-state index contributed by atoms with van der Waals surface area (Å²) in [6.07, 6.45) is 3.66. The average Bonchev–Trinajstić information content (AvgIpc) is 2.98. The van der Waals surface area contributed by atoms with Crippen LogP contribution in [0.3, 0.4) is 0 Å². The molecule has 0 radical (unpaired) electrons. The number of carbonyl (C=O) groups is 3. The first-order valence-electron chi connectivity index (χ1n) is 9.70. The van der Waals surface area contributed by atoms with E-state index in [4.69, 9.17) is 5.11 Å². The van der Waals surface area contributed by atoms with Gasteiger partial charge in [-0.1, -0.05) is 0 Å². The number of imide groups is 1. The SMILES string of the molecule is O=C1CCC(N2Cc3cc(N4CCC(CCO)CC4)ccc3C2=O)C(=O)N1. The highest BCUT2D eigenvalue weighted by Crippen LogP contribution is 2.32. The summed E-state index contributed by atoms with van der Waals surface area (Å²) < 4.78 is 0. The van der Waals surface area contributed by atoms with Crippen molar-refractivity contribution in [3.05, 3.63) is 29.3 Å². The van der Waals surface area contributed by atoms with Crippen molar-refractivity contribution in [3.8, 4) is 0 Å². The van der Waals surface area contributed by atoms with Gasteiger partial charge in [-0.05, 0) is 55.4 Å². The first kappa shape index (κ1) is 18.0. The second kappa shape index (κ2) is 7.31. The Kier molecular flexibility index (Phi) is 4.86. The van der Waals surface area contributed by atoms with Crippen LogP contribution in [0.15, 0.2) is 18.2 Å². The van der Waals surface area contributed by atoms with Gasteiger partial charge in [0.05, 0.1) is 0 Å². The summed E-state index contributed by atoms with van der Waals surface area (Å²) in [4.78, 5) is 40.2. The van der Waals surface area contributed by atoms with Gasteiger partial charge in [0.1, 0.15) is 6.04 Å². The molecule has 2 saturated heterocycles. The van der Waals surface area contributed by atoms with Crippen molar-refractivity contribution in [1.29, 1.82) is 0 Å². The molecule has 0 bridgehead atoms. The highest BCUT2D eigenvalue weighted by atomic mass is 16.3. The molecule has 1 aromatic rings. The number of amides is 3. The Labute approximate surface area is 158 Å². The summed E-state index contributed by atoms with van der Waals surface area (Å²) in [5.41, 5.74) is 2.70. The Balaban J connectivity index is 1.47. The van der Waals surface area contributed by atoms with E-state index < -0.39 is 6.04 Å². The number of benzene rings is 1. The lowest BCUT2D eigenvalue weighted by Crippen LogP contribution is -2.52. The molecule has 2 N–H and O–H groups in total. The van der Waals surface area contributed by atoms with Gasteiger partial charge in [0, 0.05) is 43.9 Å². The molecule has 27 heavy (non-hydrogen) atoms. The summed E-state index contributed by atoms with van der Waals surface area (Å²) in [5.74, 6) is -0.191. The maximum absolute atomic E-state index is 12.7. The number of aliphatic hydroxyl groups is 1. The number of nitrogens with one attached hydrogen (secondary N) is 1. The molecular weight excluding hydrogens is 346 g/mol. The fraction of sp³-hybridized carbons (Fsp3) is 0.550. The van der Waals surface area contributed by atoms with Gasteiger partial charge in [0.2, 0.25) is 11.8 Å². The number of carbonyl (C=O) groups excluding carboxylic acids is 3. The Bertz CT molecular complexity index is 770. The molecule has 1 unspecified atom stereocenters. The van der Waals surface area contributed by atoms with E-state index in [1.807, 2.05) is 12.1 Å². The summed E-state index contributed by atoms with van der Waals surface area (Å²) in [7, 11) is 0. The molecule has 1 aromatic carbocycles. The largest absolute Gasteiger partial charge is 0.396 e. The van der Waals surface area contributed by atoms with Crippen LogP contribution >= 0.6 is 0 Å². The van der Waals surface area contributed by atoms with Gasteiger partial charge in [0.25, 0.3) is 5.91 Å². The minimum atomic E-state index is -0.569. The van der Waals surface area contributed by atoms with Gasteiger partial charge < -0.3 is 14.9 Å². The van der Waals surface area contributed by atoms with Gasteiger partial charge in [0.15, 0.2) is 0 Å². The van der Waals surface area contributed by atoms with Crippen LogP contribution in [-0.4, -0.2) is 53.5 Å². The molecule has 7 nitrogen and oxygen atoms in total. The van der Waals surface area contributed by atoms with Crippen molar-refractivity contribution >= 4 is 23.4 Å². The van der Waals surface area contributed by atoms with Crippen LogP contribution in [0, 0.1) is 5.92 Å². The van der Waals surface area contributed by atoms with Crippen LogP contribution in [0.1, 0.15) is 48.0 Å². The zero-order valence-corrected chi connectivity index (χ0v) is 15.3. The van der Waals surface area contributed by atoms with Crippen LogP contribution < -0.4 is 10.2 Å². The molecule has 2 fully saturated rings. The predicted octanol–water partition coefficient (Wildman–Crippen LogP) is 1.05. The Morgan fingerprint density at radius 3 is 2.59 bits per heavy atom. The van der Waals surface area contributed by atoms with Crippen molar-refractivity contribution < 1.29 is 19.5 Å². The van der Waals surface area contributed by atoms with E-state index in [1.165, 1.54) is 0 Å². The number of nitrogens with zero attached hydrogens (tertiary/aromatic N) is 2. The van der Waals surface area contributed by atoms with Gasteiger partial charge in [-0.15, -0.1) is 0 Å². The van der Waals surface area contributed by atoms with Gasteiger partial charge in [-0.25, -0.2) is 0 Å². The van der Waals surface area contributed by atoms with E-state index in [2.05, 4.69) is 16.3 Å². The normalized spacial score (nSPS) is 23.6. The van der Waals surface area contributed by atoms with Gasteiger partial charge in [-0.3, -0.25) is 19.7 Å². The van der Waals surface area contributed by atoms with E-state index in [1.54, 1.807) is 4.90 Å². The summed E-state index contributed by atoms with van der Waals surface area (Å²) in [6, 6.07) is 5.33. The minimum Gasteiger partial charge on any atom is -0.396 e. The number of rotatable bonds is 4. The number of hydrogen-bond acceptors (Lipinski definition) is 5. The molecular formula is C20H25N3O4. The number of aliphatic hydroxyl groups excluding tert-OH is 1. The second-order valence-corrected chi connectivity index (χ2v) is 7.68. The fourth-order valence-corrected chi connectivity index (χ4v) is 4.42. The van der Waals surface area contributed by atoms with Crippen molar-refractivity contribution in [1.82, 2.24) is 10.2 Å². The third-order valence-electron chi connectivity index (χ3n) is 6.02. The maximum atomic E-state index is 12.7. The number of fused-ring (bicyclic) bond motifs is 1. The lowest BCUT2D eigenvalue weighted by atomic mass is 9.93. The first-order valence-corrected chi connectivity index (χ1v) is 9.70. The van der Waals surface area contributed by atoms with Gasteiger partial charge in [-0.2, -0.15) is 0 Å². The number of anilines is 1. The van der Waals surface area contributed by atoms with Crippen molar-refractivity contribution in [2.75, 3.05) is 24.6 Å². The topological polar surface area (TPSA) is 90.0 Å². The molecule has 3 amide bonds. The lowest BCUT2D eigenvalue weighted by molar-refractivity contribution is -0.136. The van der Waals surface area contributed by atoms with E-state index >= 15 is 0 Å². The molecule has 1 atom stereocenters. The standard InChI is InChI=1S/C20H25N3O4/c24-10-7-13-5-8-22(9-6-13)15-1-2-16-14(11-15)12-23(20(16)27)17-3-4-18(25)21-19(17)26/h1-2,11,13,17,24H,3-10,12H2,(H,21,25,26). The first-order chi connectivity index (χ1) is 13.1. The smallest absolute Gasteiger partial charge is 0.255 e. The summed E-state index contributed by atoms with van der Waals surface area (Å²) in [6.45, 7) is 2.57. The lowest BCUT2D eigenvalue weighted by Gasteiger charge is -2.33. The fourth-order valence-electron chi connectivity index (χ4n) is 4.42. The maximum Gasteiger partial charge on any atom is 0.255 e. The quantitative estimate of drug-likeness (QED) is 0.772. The third-order valence-corrected chi connectivity index (χ3v) is 6.02. The summed E-state index contributed by atoms with van der Waals surface area (Å²) in [5, 5.41) is 11.4. The zero-order chi connectivity index (χ0) is 19.0. The van der Waals surface area contributed by atoms with Crippen LogP contribution in [0.5, 0.6) is 0 Å². The van der Waals surface area contributed by atoms with Crippen LogP contribution in [0.2, 0.25) is 0 Å². The van der Waals surface area contributed by atoms with Crippen LogP contribution in [0.4, 0.5) is 5.69 Å². The summed E-state index contributed by atoms with van der Waals surface area (Å²) >= 11 is 0. The molecule has 3 aliphatic rings. The van der Waals surface area contributed by atoms with E-state index in [0.29, 0.717) is 24.4 Å². The molecule has 3 aliphatic heterocycles. The molecule has 7 heteroatoms. The molecule has 0 aromatic heterocycles. The van der Waals surface area contributed by atoms with E-state index in [9.17, 15) is 14.4 Å². The molecule has 0 spiro atoms. The predicted molar refractivity (Wildman–Crippen MR) is 99.1 cm³/mol. The molecule has 144 valence electrons. The molecule has 0 saturated carbocycles. The average molecular weight is 371 g/mol. The zero-order valence-electron chi connectivity index (χ0n) is 15.3. The number of piperidine rings is 2. The molecule has 3 heterocycles. The monoisotopic (exact) mass is 371 g/mol. The van der Waals surface area contributed by atoms with Crippen LogP contribution in [-0.2, 0) is 16.1 Å².